The Kier molecular flexibility index (Phi) is 5.82. The number of likely N-dealkylation sites (tertiary alicyclic amines) is 1. The number of benzene rings is 1. The number of hydrogen-bond donors (Lipinski definition) is 1. The number of hydrogen-bond acceptors (Lipinski definition) is 5. The zero-order chi connectivity index (χ0) is 17.2. The Morgan fingerprint density at radius 2 is 2.00 bits per heavy atom. The molecule has 0 aromatic heterocycles. The van der Waals surface area contributed by atoms with Crippen LogP contribution in [-0.4, -0.2) is 69.3 Å². The van der Waals surface area contributed by atoms with E-state index in [9.17, 15) is 8.42 Å². The lowest BCUT2D eigenvalue weighted by molar-refractivity contribution is 0.170. The molecule has 3 rings (SSSR count). The molecule has 0 saturated carbocycles. The minimum absolute atomic E-state index is 0.0765. The summed E-state index contributed by atoms with van der Waals surface area (Å²) < 4.78 is 24.8. The number of rotatable bonds is 5. The minimum Gasteiger partial charge on any atom is -0.314 e. The highest BCUT2D eigenvalue weighted by Gasteiger charge is 2.29. The van der Waals surface area contributed by atoms with Gasteiger partial charge in [-0.3, -0.25) is 9.80 Å². The van der Waals surface area contributed by atoms with Crippen LogP contribution in [0.15, 0.2) is 23.1 Å². The fraction of sp³-hybridized carbons (Fsp3) is 0.647. The molecule has 1 N–H and O–H groups in total. The maximum atomic E-state index is 12.4. The molecule has 0 bridgehead atoms. The third-order valence-corrected chi connectivity index (χ3v) is 7.34. The van der Waals surface area contributed by atoms with Gasteiger partial charge in [0.15, 0.2) is 9.84 Å². The fourth-order valence-corrected chi connectivity index (χ4v) is 5.45. The summed E-state index contributed by atoms with van der Waals surface area (Å²) in [6.45, 7) is 8.64. The second-order valence-electron chi connectivity index (χ2n) is 6.60. The number of nitrogens with zero attached hydrogens (tertiary/aromatic N) is 2. The van der Waals surface area contributed by atoms with Gasteiger partial charge in [0.25, 0.3) is 0 Å². The van der Waals surface area contributed by atoms with Crippen LogP contribution in [-0.2, 0) is 16.4 Å². The molecule has 1 unspecified atom stereocenters. The normalized spacial score (nSPS) is 23.7. The monoisotopic (exact) mass is 371 g/mol. The maximum Gasteiger partial charge on any atom is 0.179 e. The molecule has 2 aliphatic rings. The lowest BCUT2D eigenvalue weighted by Gasteiger charge is -2.32. The third kappa shape index (κ3) is 3.94. The summed E-state index contributed by atoms with van der Waals surface area (Å²) in [5, 5.41) is 3.73. The average molecular weight is 372 g/mol. The van der Waals surface area contributed by atoms with Crippen molar-refractivity contribution in [2.45, 2.75) is 30.8 Å². The molecule has 0 radical (unpaired) electrons. The zero-order valence-corrected chi connectivity index (χ0v) is 15.7. The summed E-state index contributed by atoms with van der Waals surface area (Å²) in [6.07, 6.45) is 1.15. The molecule has 0 aliphatic carbocycles. The quantitative estimate of drug-likeness (QED) is 0.852. The zero-order valence-electron chi connectivity index (χ0n) is 14.2. The Bertz CT molecular complexity index is 674. The summed E-state index contributed by atoms with van der Waals surface area (Å²) in [6, 6.07) is 5.99. The first kappa shape index (κ1) is 18.1. The molecule has 2 heterocycles. The van der Waals surface area contributed by atoms with Gasteiger partial charge in [0.2, 0.25) is 0 Å². The van der Waals surface area contributed by atoms with Crippen molar-refractivity contribution in [1.29, 1.82) is 0 Å². The minimum atomic E-state index is -3.31. The third-order valence-electron chi connectivity index (χ3n) is 5.05. The molecule has 1 atom stereocenters. The van der Waals surface area contributed by atoms with E-state index in [1.165, 1.54) is 0 Å². The van der Waals surface area contributed by atoms with E-state index in [0.717, 1.165) is 51.3 Å². The molecule has 0 spiro atoms. The Morgan fingerprint density at radius 3 is 2.71 bits per heavy atom. The van der Waals surface area contributed by atoms with Crippen molar-refractivity contribution < 1.29 is 8.42 Å². The highest BCUT2D eigenvalue weighted by atomic mass is 35.5. The summed E-state index contributed by atoms with van der Waals surface area (Å²) in [7, 11) is -3.31. The highest BCUT2D eigenvalue weighted by molar-refractivity contribution is 7.91. The molecule has 24 heavy (non-hydrogen) atoms. The van der Waals surface area contributed by atoms with Gasteiger partial charge in [-0.15, -0.1) is 0 Å². The smallest absolute Gasteiger partial charge is 0.179 e. The van der Waals surface area contributed by atoms with E-state index in [1.807, 2.05) is 12.1 Å². The van der Waals surface area contributed by atoms with Crippen LogP contribution >= 0.6 is 11.6 Å². The Hall–Kier alpha value is -0.660. The van der Waals surface area contributed by atoms with E-state index in [0.29, 0.717) is 22.5 Å². The first-order chi connectivity index (χ1) is 11.5. The molecule has 7 heteroatoms. The average Bonchev–Trinajstić information content (AvgIpc) is 3.04. The number of halogens is 1. The molecule has 0 amide bonds. The van der Waals surface area contributed by atoms with Crippen molar-refractivity contribution in [2.75, 3.05) is 45.0 Å². The van der Waals surface area contributed by atoms with Crippen LogP contribution in [0.25, 0.3) is 0 Å². The summed E-state index contributed by atoms with van der Waals surface area (Å²) in [5.41, 5.74) is 0.824. The molecule has 2 aliphatic heterocycles. The molecule has 1 aromatic rings. The summed E-state index contributed by atoms with van der Waals surface area (Å²) in [4.78, 5) is 5.23. The van der Waals surface area contributed by atoms with Gasteiger partial charge in [0.1, 0.15) is 0 Å². The van der Waals surface area contributed by atoms with Gasteiger partial charge in [0, 0.05) is 51.9 Å². The van der Waals surface area contributed by atoms with Crippen LogP contribution in [0.3, 0.4) is 0 Å². The van der Waals surface area contributed by atoms with Gasteiger partial charge < -0.3 is 5.32 Å². The Morgan fingerprint density at radius 1 is 1.25 bits per heavy atom. The first-order valence-electron chi connectivity index (χ1n) is 8.68. The van der Waals surface area contributed by atoms with Crippen LogP contribution in [0, 0.1) is 0 Å². The largest absolute Gasteiger partial charge is 0.314 e. The second kappa shape index (κ2) is 7.70. The van der Waals surface area contributed by atoms with Gasteiger partial charge in [-0.05, 0) is 18.1 Å². The lowest BCUT2D eigenvalue weighted by atomic mass is 10.2. The molecule has 2 fully saturated rings. The van der Waals surface area contributed by atoms with Gasteiger partial charge in [-0.2, -0.15) is 0 Å². The van der Waals surface area contributed by atoms with Crippen LogP contribution in [0.2, 0.25) is 5.02 Å². The van der Waals surface area contributed by atoms with E-state index >= 15 is 0 Å². The van der Waals surface area contributed by atoms with E-state index in [4.69, 9.17) is 11.6 Å². The van der Waals surface area contributed by atoms with Crippen LogP contribution in [0.5, 0.6) is 0 Å². The predicted molar refractivity (Wildman–Crippen MR) is 97.3 cm³/mol. The molecular formula is C17H26ClN3O2S. The van der Waals surface area contributed by atoms with Crippen LogP contribution in [0.4, 0.5) is 0 Å². The topological polar surface area (TPSA) is 52.7 Å². The van der Waals surface area contributed by atoms with Crippen molar-refractivity contribution in [3.8, 4) is 0 Å². The van der Waals surface area contributed by atoms with E-state index in [-0.39, 0.29) is 5.75 Å². The highest BCUT2D eigenvalue weighted by Crippen LogP contribution is 2.28. The number of sulfone groups is 1. The predicted octanol–water partition coefficient (Wildman–Crippen LogP) is 1.61. The lowest BCUT2D eigenvalue weighted by Crippen LogP contribution is -2.49. The summed E-state index contributed by atoms with van der Waals surface area (Å²) >= 11 is 6.22. The number of piperazine rings is 1. The SMILES string of the molecule is CCS(=O)(=O)c1c(Cl)cccc1CN1CCC(N2CCNCC2)C1. The van der Waals surface area contributed by atoms with Crippen LogP contribution < -0.4 is 5.32 Å². The molecule has 1 aromatic carbocycles. The van der Waals surface area contributed by atoms with Gasteiger partial charge in [-0.25, -0.2) is 8.42 Å². The number of nitrogens with one attached hydrogen (secondary N) is 1. The molecule has 2 saturated heterocycles. The van der Waals surface area contributed by atoms with Crippen molar-refractivity contribution in [3.63, 3.8) is 0 Å². The van der Waals surface area contributed by atoms with E-state index in [2.05, 4.69) is 15.1 Å². The Labute approximate surface area is 149 Å². The molecule has 5 nitrogen and oxygen atoms in total. The molecular weight excluding hydrogens is 346 g/mol. The molecule has 134 valence electrons. The van der Waals surface area contributed by atoms with Crippen molar-refractivity contribution in [3.05, 3.63) is 28.8 Å². The van der Waals surface area contributed by atoms with Gasteiger partial charge >= 0.3 is 0 Å². The van der Waals surface area contributed by atoms with Crippen molar-refractivity contribution >= 4 is 21.4 Å². The fourth-order valence-electron chi connectivity index (χ4n) is 3.71. The standard InChI is InChI=1S/C17H26ClN3O2S/c1-2-24(22,23)17-14(4-3-5-16(17)18)12-20-9-6-15(13-20)21-10-7-19-8-11-21/h3-5,15,19H,2,6-13H2,1H3. The van der Waals surface area contributed by atoms with Crippen molar-refractivity contribution in [2.24, 2.45) is 0 Å². The Balaban J connectivity index is 1.72. The van der Waals surface area contributed by atoms with E-state index < -0.39 is 9.84 Å². The summed E-state index contributed by atoms with van der Waals surface area (Å²) in [5.74, 6) is 0.0765. The van der Waals surface area contributed by atoms with E-state index in [1.54, 1.807) is 13.0 Å². The van der Waals surface area contributed by atoms with Crippen molar-refractivity contribution in [1.82, 2.24) is 15.1 Å². The van der Waals surface area contributed by atoms with Gasteiger partial charge in [-0.1, -0.05) is 30.7 Å². The first-order valence-corrected chi connectivity index (χ1v) is 10.7. The maximum absolute atomic E-state index is 12.4. The van der Waals surface area contributed by atoms with Gasteiger partial charge in [0.05, 0.1) is 15.7 Å². The van der Waals surface area contributed by atoms with Crippen LogP contribution in [0.1, 0.15) is 18.9 Å². The second-order valence-corrected chi connectivity index (χ2v) is 9.22.